The number of anilines is 1. The smallest absolute Gasteiger partial charge is 0.227 e. The summed E-state index contributed by atoms with van der Waals surface area (Å²) >= 11 is 0. The Morgan fingerprint density at radius 2 is 2.05 bits per heavy atom. The van der Waals surface area contributed by atoms with Gasteiger partial charge in [-0.05, 0) is 19.1 Å². The van der Waals surface area contributed by atoms with Crippen molar-refractivity contribution in [2.24, 2.45) is 0 Å². The van der Waals surface area contributed by atoms with Crippen molar-refractivity contribution in [1.29, 1.82) is 0 Å². The number of amides is 1. The van der Waals surface area contributed by atoms with Crippen molar-refractivity contribution in [2.75, 3.05) is 11.4 Å². The normalized spacial score (nSPS) is 10.4. The molecule has 1 amide bonds. The van der Waals surface area contributed by atoms with E-state index in [-0.39, 0.29) is 5.91 Å². The van der Waals surface area contributed by atoms with E-state index in [0.717, 1.165) is 11.4 Å². The average molecular weight is 258 g/mol. The number of para-hydroxylation sites is 1. The van der Waals surface area contributed by atoms with Crippen molar-refractivity contribution in [3.05, 3.63) is 48.2 Å². The molecule has 0 aliphatic rings. The molecule has 2 rings (SSSR count). The molecule has 0 aliphatic heterocycles. The molecular formula is C15H18N2O2. The Morgan fingerprint density at radius 1 is 1.32 bits per heavy atom. The van der Waals surface area contributed by atoms with Crippen LogP contribution in [0.1, 0.15) is 24.9 Å². The van der Waals surface area contributed by atoms with Crippen LogP contribution in [0.4, 0.5) is 5.69 Å². The van der Waals surface area contributed by atoms with Crippen LogP contribution >= 0.6 is 0 Å². The Hall–Kier alpha value is -2.10. The lowest BCUT2D eigenvalue weighted by atomic mass is 10.2. The summed E-state index contributed by atoms with van der Waals surface area (Å²) in [5.74, 6) is 0.743. The first-order valence-corrected chi connectivity index (χ1v) is 6.47. The molecule has 4 heteroatoms. The maximum atomic E-state index is 12.2. The number of rotatable bonds is 5. The van der Waals surface area contributed by atoms with Crippen LogP contribution in [-0.4, -0.2) is 17.4 Å². The zero-order chi connectivity index (χ0) is 13.7. The van der Waals surface area contributed by atoms with Crippen molar-refractivity contribution < 1.29 is 9.21 Å². The van der Waals surface area contributed by atoms with E-state index in [1.54, 1.807) is 18.1 Å². The standard InChI is InChI=1S/C15H18N2O2/c1-3-17(14-7-5-4-6-8-14)15(18)10-9-13-11-19-12(2)16-13/h4-8,11H,3,9-10H2,1-2H3. The molecule has 4 nitrogen and oxygen atoms in total. The van der Waals surface area contributed by atoms with E-state index in [1.165, 1.54) is 0 Å². The zero-order valence-corrected chi connectivity index (χ0v) is 11.3. The van der Waals surface area contributed by atoms with Gasteiger partial charge in [-0.1, -0.05) is 18.2 Å². The summed E-state index contributed by atoms with van der Waals surface area (Å²) in [6.07, 6.45) is 2.66. The van der Waals surface area contributed by atoms with Gasteiger partial charge in [-0.15, -0.1) is 0 Å². The second-order valence-electron chi connectivity index (χ2n) is 4.33. The Bertz CT molecular complexity index is 534. The fraction of sp³-hybridized carbons (Fsp3) is 0.333. The zero-order valence-electron chi connectivity index (χ0n) is 11.3. The summed E-state index contributed by atoms with van der Waals surface area (Å²) in [6, 6.07) is 9.71. The van der Waals surface area contributed by atoms with Crippen LogP contribution in [0.25, 0.3) is 0 Å². The summed E-state index contributed by atoms with van der Waals surface area (Å²) in [5.41, 5.74) is 1.77. The molecule has 0 fully saturated rings. The predicted molar refractivity (Wildman–Crippen MR) is 74.0 cm³/mol. The number of aryl methyl sites for hydroxylation is 2. The monoisotopic (exact) mass is 258 g/mol. The van der Waals surface area contributed by atoms with Gasteiger partial charge >= 0.3 is 0 Å². The first-order valence-electron chi connectivity index (χ1n) is 6.47. The number of aromatic nitrogens is 1. The minimum Gasteiger partial charge on any atom is -0.449 e. The van der Waals surface area contributed by atoms with Crippen molar-refractivity contribution >= 4 is 11.6 Å². The Kier molecular flexibility index (Phi) is 4.34. The molecule has 100 valence electrons. The van der Waals surface area contributed by atoms with Crippen molar-refractivity contribution in [1.82, 2.24) is 4.98 Å². The van der Waals surface area contributed by atoms with Crippen molar-refractivity contribution in [3.63, 3.8) is 0 Å². The summed E-state index contributed by atoms with van der Waals surface area (Å²) in [7, 11) is 0. The van der Waals surface area contributed by atoms with E-state index in [4.69, 9.17) is 4.42 Å². The van der Waals surface area contributed by atoms with Gasteiger partial charge in [-0.3, -0.25) is 4.79 Å². The molecule has 0 atom stereocenters. The van der Waals surface area contributed by atoms with Gasteiger partial charge in [0.2, 0.25) is 5.91 Å². The molecule has 0 saturated heterocycles. The predicted octanol–water partition coefficient (Wildman–Crippen LogP) is 2.97. The first kappa shape index (κ1) is 13.3. The summed E-state index contributed by atoms with van der Waals surface area (Å²) in [5, 5.41) is 0. The number of benzene rings is 1. The molecule has 0 radical (unpaired) electrons. The Balaban J connectivity index is 1.98. The van der Waals surface area contributed by atoms with Gasteiger partial charge < -0.3 is 9.32 Å². The molecule has 1 aromatic heterocycles. The maximum Gasteiger partial charge on any atom is 0.227 e. The van der Waals surface area contributed by atoms with E-state index in [0.29, 0.717) is 25.3 Å². The fourth-order valence-corrected chi connectivity index (χ4v) is 2.00. The van der Waals surface area contributed by atoms with Gasteiger partial charge in [-0.25, -0.2) is 4.98 Å². The highest BCUT2D eigenvalue weighted by atomic mass is 16.3. The van der Waals surface area contributed by atoms with Crippen LogP contribution in [0.15, 0.2) is 41.0 Å². The Morgan fingerprint density at radius 3 is 2.63 bits per heavy atom. The Labute approximate surface area is 113 Å². The van der Waals surface area contributed by atoms with Gasteiger partial charge in [0, 0.05) is 32.0 Å². The molecule has 0 saturated carbocycles. The molecule has 0 aliphatic carbocycles. The fourth-order valence-electron chi connectivity index (χ4n) is 2.00. The first-order chi connectivity index (χ1) is 9.20. The van der Waals surface area contributed by atoms with E-state index in [2.05, 4.69) is 4.98 Å². The lowest BCUT2D eigenvalue weighted by molar-refractivity contribution is -0.118. The third kappa shape index (κ3) is 3.44. The maximum absolute atomic E-state index is 12.2. The van der Waals surface area contributed by atoms with Crippen molar-refractivity contribution in [3.8, 4) is 0 Å². The quantitative estimate of drug-likeness (QED) is 0.828. The third-order valence-corrected chi connectivity index (χ3v) is 2.95. The number of carbonyl (C=O) groups excluding carboxylic acids is 1. The van der Waals surface area contributed by atoms with Crippen LogP contribution in [0.5, 0.6) is 0 Å². The number of carbonyl (C=O) groups is 1. The topological polar surface area (TPSA) is 46.3 Å². The van der Waals surface area contributed by atoms with Gasteiger partial charge in [0.15, 0.2) is 5.89 Å². The number of hydrogen-bond acceptors (Lipinski definition) is 3. The van der Waals surface area contributed by atoms with Gasteiger partial charge in [0.1, 0.15) is 6.26 Å². The molecule has 0 N–H and O–H groups in total. The van der Waals surface area contributed by atoms with E-state index >= 15 is 0 Å². The second kappa shape index (κ2) is 6.18. The highest BCUT2D eigenvalue weighted by Gasteiger charge is 2.14. The minimum atomic E-state index is 0.106. The highest BCUT2D eigenvalue weighted by Crippen LogP contribution is 2.15. The van der Waals surface area contributed by atoms with Gasteiger partial charge in [0.25, 0.3) is 0 Å². The lowest BCUT2D eigenvalue weighted by Gasteiger charge is -2.20. The highest BCUT2D eigenvalue weighted by molar-refractivity contribution is 5.93. The molecule has 0 unspecified atom stereocenters. The SMILES string of the molecule is CCN(C(=O)CCc1coc(C)n1)c1ccccc1. The number of hydrogen-bond donors (Lipinski definition) is 0. The van der Waals surface area contributed by atoms with Crippen molar-refractivity contribution in [2.45, 2.75) is 26.7 Å². The summed E-state index contributed by atoms with van der Waals surface area (Å²) < 4.78 is 5.13. The van der Waals surface area contributed by atoms with E-state index in [9.17, 15) is 4.79 Å². The largest absolute Gasteiger partial charge is 0.449 e. The molecule has 0 spiro atoms. The van der Waals surface area contributed by atoms with Crippen LogP contribution in [-0.2, 0) is 11.2 Å². The summed E-state index contributed by atoms with van der Waals surface area (Å²) in [6.45, 7) is 4.44. The van der Waals surface area contributed by atoms with Crippen LogP contribution < -0.4 is 4.90 Å². The number of nitrogens with zero attached hydrogens (tertiary/aromatic N) is 2. The average Bonchev–Trinajstić information content (AvgIpc) is 2.84. The van der Waals surface area contributed by atoms with Gasteiger partial charge in [-0.2, -0.15) is 0 Å². The van der Waals surface area contributed by atoms with Crippen LogP contribution in [0, 0.1) is 6.92 Å². The summed E-state index contributed by atoms with van der Waals surface area (Å²) in [4.78, 5) is 18.2. The molecule has 0 bridgehead atoms. The van der Waals surface area contributed by atoms with E-state index in [1.807, 2.05) is 37.3 Å². The molecule has 1 aromatic carbocycles. The molecule has 2 aromatic rings. The lowest BCUT2D eigenvalue weighted by Crippen LogP contribution is -2.30. The van der Waals surface area contributed by atoms with Gasteiger partial charge in [0.05, 0.1) is 5.69 Å². The molecular weight excluding hydrogens is 240 g/mol. The minimum absolute atomic E-state index is 0.106. The third-order valence-electron chi connectivity index (χ3n) is 2.95. The van der Waals surface area contributed by atoms with Crippen LogP contribution in [0.3, 0.4) is 0 Å². The van der Waals surface area contributed by atoms with Crippen LogP contribution in [0.2, 0.25) is 0 Å². The number of oxazole rings is 1. The molecule has 19 heavy (non-hydrogen) atoms. The second-order valence-corrected chi connectivity index (χ2v) is 4.33. The van der Waals surface area contributed by atoms with E-state index < -0.39 is 0 Å². The molecule has 1 heterocycles.